The number of nitrogens with zero attached hydrogens (tertiary/aromatic N) is 1. The van der Waals surface area contributed by atoms with Gasteiger partial charge in [0.05, 0.1) is 0 Å². The molecule has 1 aliphatic rings. The summed E-state index contributed by atoms with van der Waals surface area (Å²) >= 11 is 3.51. The van der Waals surface area contributed by atoms with E-state index in [1.54, 1.807) is 0 Å². The van der Waals surface area contributed by atoms with E-state index in [-0.39, 0.29) is 24.4 Å². The number of halogens is 2. The molecule has 1 amide bonds. The molecular formula is C19H22BrClN2O2. The van der Waals surface area contributed by atoms with Crippen molar-refractivity contribution in [2.75, 3.05) is 13.1 Å². The lowest BCUT2D eigenvalue weighted by molar-refractivity contribution is 0.0714. The number of hydrogen-bond donors (Lipinski definition) is 1. The first-order valence-electron chi connectivity index (χ1n) is 8.14. The van der Waals surface area contributed by atoms with E-state index in [0.29, 0.717) is 17.9 Å². The summed E-state index contributed by atoms with van der Waals surface area (Å²) in [5.41, 5.74) is 7.64. The van der Waals surface area contributed by atoms with Gasteiger partial charge in [-0.2, -0.15) is 0 Å². The quantitative estimate of drug-likeness (QED) is 0.805. The molecule has 25 heavy (non-hydrogen) atoms. The smallest absolute Gasteiger partial charge is 0.253 e. The van der Waals surface area contributed by atoms with Crippen molar-refractivity contribution in [1.82, 2.24) is 4.90 Å². The number of ether oxygens (including phenoxy) is 1. The second-order valence-electron chi connectivity index (χ2n) is 6.04. The van der Waals surface area contributed by atoms with E-state index >= 15 is 0 Å². The number of likely N-dealkylation sites (tertiary alicyclic amines) is 1. The van der Waals surface area contributed by atoms with Crippen molar-refractivity contribution >= 4 is 34.2 Å². The van der Waals surface area contributed by atoms with Gasteiger partial charge in [-0.25, -0.2) is 0 Å². The fraction of sp³-hybridized carbons (Fsp3) is 0.316. The first kappa shape index (κ1) is 19.8. The lowest BCUT2D eigenvalue weighted by Gasteiger charge is -2.30. The largest absolute Gasteiger partial charge is 0.489 e. The summed E-state index contributed by atoms with van der Waals surface area (Å²) in [6.07, 6.45) is 1.73. The van der Waals surface area contributed by atoms with Gasteiger partial charge in [-0.15, -0.1) is 12.4 Å². The molecule has 1 saturated heterocycles. The Morgan fingerprint density at radius 1 is 1.16 bits per heavy atom. The molecule has 1 heterocycles. The van der Waals surface area contributed by atoms with Crippen LogP contribution in [0.25, 0.3) is 0 Å². The average Bonchev–Trinajstić information content (AvgIpc) is 2.61. The highest BCUT2D eigenvalue weighted by molar-refractivity contribution is 9.10. The van der Waals surface area contributed by atoms with Gasteiger partial charge >= 0.3 is 0 Å². The molecule has 1 aliphatic heterocycles. The SMILES string of the molecule is Cl.NC1CCN(C(=O)c2cccc(OCc3ccccc3Br)c2)CC1. The van der Waals surface area contributed by atoms with Crippen LogP contribution in [-0.4, -0.2) is 29.9 Å². The maximum Gasteiger partial charge on any atom is 0.253 e. The molecule has 2 aromatic rings. The third-order valence-corrected chi connectivity index (χ3v) is 5.03. The zero-order valence-corrected chi connectivity index (χ0v) is 16.3. The number of hydrogen-bond acceptors (Lipinski definition) is 3. The van der Waals surface area contributed by atoms with Gasteiger partial charge in [0.25, 0.3) is 5.91 Å². The Labute approximate surface area is 162 Å². The molecule has 1 fully saturated rings. The van der Waals surface area contributed by atoms with Crippen LogP contribution in [0.1, 0.15) is 28.8 Å². The highest BCUT2D eigenvalue weighted by Gasteiger charge is 2.21. The predicted octanol–water partition coefficient (Wildman–Crippen LogP) is 4.01. The predicted molar refractivity (Wildman–Crippen MR) is 105 cm³/mol. The third kappa shape index (κ3) is 5.21. The van der Waals surface area contributed by atoms with Crippen LogP contribution >= 0.6 is 28.3 Å². The van der Waals surface area contributed by atoms with Crippen LogP contribution in [0.15, 0.2) is 53.0 Å². The Morgan fingerprint density at radius 3 is 2.60 bits per heavy atom. The Balaban J connectivity index is 0.00000225. The van der Waals surface area contributed by atoms with Gasteiger partial charge in [0.1, 0.15) is 12.4 Å². The highest BCUT2D eigenvalue weighted by Crippen LogP contribution is 2.21. The van der Waals surface area contributed by atoms with Crippen molar-refractivity contribution in [2.45, 2.75) is 25.5 Å². The Bertz CT molecular complexity index is 718. The number of carbonyl (C=O) groups excluding carboxylic acids is 1. The molecule has 3 rings (SSSR count). The van der Waals surface area contributed by atoms with Crippen molar-refractivity contribution in [3.8, 4) is 5.75 Å². The normalized spacial score (nSPS) is 14.7. The number of benzene rings is 2. The Kier molecular flexibility index (Phi) is 7.29. The molecule has 134 valence electrons. The standard InChI is InChI=1S/C19H21BrN2O2.ClH/c20-18-7-2-1-4-15(18)13-24-17-6-3-5-14(12-17)19(23)22-10-8-16(21)9-11-22;/h1-7,12,16H,8-11,13,21H2;1H. The zero-order chi connectivity index (χ0) is 16.9. The van der Waals surface area contributed by atoms with E-state index in [9.17, 15) is 4.79 Å². The fourth-order valence-corrected chi connectivity index (χ4v) is 3.18. The third-order valence-electron chi connectivity index (χ3n) is 4.26. The number of rotatable bonds is 4. The molecular weight excluding hydrogens is 404 g/mol. The van der Waals surface area contributed by atoms with Gasteiger partial charge in [-0.1, -0.05) is 40.2 Å². The molecule has 0 radical (unpaired) electrons. The molecule has 6 heteroatoms. The highest BCUT2D eigenvalue weighted by atomic mass is 79.9. The number of piperidine rings is 1. The summed E-state index contributed by atoms with van der Waals surface area (Å²) in [7, 11) is 0. The Hall–Kier alpha value is -1.56. The molecule has 0 aromatic heterocycles. The molecule has 0 bridgehead atoms. The maximum atomic E-state index is 12.6. The molecule has 4 nitrogen and oxygen atoms in total. The van der Waals surface area contributed by atoms with Gasteiger partial charge in [0, 0.05) is 34.7 Å². The van der Waals surface area contributed by atoms with Gasteiger partial charge in [-0.05, 0) is 37.1 Å². The van der Waals surface area contributed by atoms with Crippen LogP contribution in [0.4, 0.5) is 0 Å². The lowest BCUT2D eigenvalue weighted by Crippen LogP contribution is -2.42. The van der Waals surface area contributed by atoms with Crippen LogP contribution < -0.4 is 10.5 Å². The van der Waals surface area contributed by atoms with E-state index in [1.165, 1.54) is 0 Å². The van der Waals surface area contributed by atoms with Crippen LogP contribution in [0.2, 0.25) is 0 Å². The molecule has 0 unspecified atom stereocenters. The summed E-state index contributed by atoms with van der Waals surface area (Å²) < 4.78 is 6.86. The molecule has 0 spiro atoms. The van der Waals surface area contributed by atoms with E-state index < -0.39 is 0 Å². The average molecular weight is 426 g/mol. The minimum Gasteiger partial charge on any atom is -0.489 e. The van der Waals surface area contributed by atoms with Crippen molar-refractivity contribution in [1.29, 1.82) is 0 Å². The summed E-state index contributed by atoms with van der Waals surface area (Å²) in [6, 6.07) is 15.5. The van der Waals surface area contributed by atoms with Crippen molar-refractivity contribution in [3.63, 3.8) is 0 Å². The van der Waals surface area contributed by atoms with Crippen molar-refractivity contribution < 1.29 is 9.53 Å². The molecule has 2 aromatic carbocycles. The summed E-state index contributed by atoms with van der Waals surface area (Å²) in [6.45, 7) is 1.90. The minimum absolute atomic E-state index is 0. The maximum absolute atomic E-state index is 12.6. The Morgan fingerprint density at radius 2 is 1.88 bits per heavy atom. The van der Waals surface area contributed by atoms with E-state index in [2.05, 4.69) is 15.9 Å². The van der Waals surface area contributed by atoms with E-state index in [1.807, 2.05) is 53.4 Å². The topological polar surface area (TPSA) is 55.6 Å². The van der Waals surface area contributed by atoms with Gasteiger partial charge in [-0.3, -0.25) is 4.79 Å². The van der Waals surface area contributed by atoms with E-state index in [0.717, 1.165) is 36.0 Å². The van der Waals surface area contributed by atoms with Gasteiger partial charge in [0.2, 0.25) is 0 Å². The van der Waals surface area contributed by atoms with Crippen LogP contribution in [0.3, 0.4) is 0 Å². The molecule has 0 saturated carbocycles. The first-order valence-corrected chi connectivity index (χ1v) is 8.94. The minimum atomic E-state index is 0. The number of nitrogens with two attached hydrogens (primary N) is 1. The zero-order valence-electron chi connectivity index (χ0n) is 13.9. The fourth-order valence-electron chi connectivity index (χ4n) is 2.78. The first-order chi connectivity index (χ1) is 11.6. The lowest BCUT2D eigenvalue weighted by atomic mass is 10.0. The second kappa shape index (κ2) is 9.22. The summed E-state index contributed by atoms with van der Waals surface area (Å²) in [5.74, 6) is 0.749. The van der Waals surface area contributed by atoms with Crippen LogP contribution in [0.5, 0.6) is 5.75 Å². The van der Waals surface area contributed by atoms with Gasteiger partial charge < -0.3 is 15.4 Å². The van der Waals surface area contributed by atoms with Crippen molar-refractivity contribution in [3.05, 3.63) is 64.1 Å². The number of amides is 1. The number of carbonyl (C=O) groups is 1. The summed E-state index contributed by atoms with van der Waals surface area (Å²) in [5, 5.41) is 0. The second-order valence-corrected chi connectivity index (χ2v) is 6.89. The monoisotopic (exact) mass is 424 g/mol. The van der Waals surface area contributed by atoms with E-state index in [4.69, 9.17) is 10.5 Å². The van der Waals surface area contributed by atoms with Crippen molar-refractivity contribution in [2.24, 2.45) is 5.73 Å². The summed E-state index contributed by atoms with van der Waals surface area (Å²) in [4.78, 5) is 14.5. The molecule has 0 atom stereocenters. The molecule has 0 aliphatic carbocycles. The molecule has 2 N–H and O–H groups in total. The van der Waals surface area contributed by atoms with Gasteiger partial charge in [0.15, 0.2) is 0 Å². The van der Waals surface area contributed by atoms with Crippen LogP contribution in [-0.2, 0) is 6.61 Å². The van der Waals surface area contributed by atoms with Crippen LogP contribution in [0, 0.1) is 0 Å².